The van der Waals surface area contributed by atoms with Crippen LogP contribution in [0.25, 0.3) is 22.5 Å². The molecule has 49 heavy (non-hydrogen) atoms. The lowest BCUT2D eigenvalue weighted by Crippen LogP contribution is -2.17. The summed E-state index contributed by atoms with van der Waals surface area (Å²) in [6, 6.07) is 16.3. The van der Waals surface area contributed by atoms with Gasteiger partial charge in [0.2, 0.25) is 5.82 Å². The van der Waals surface area contributed by atoms with Crippen LogP contribution in [0.15, 0.2) is 48.5 Å². The number of rotatable bonds is 25. The number of unbranched alkanes of at least 4 members (excludes halogenated alkanes) is 1. The van der Waals surface area contributed by atoms with Crippen molar-refractivity contribution in [1.82, 2.24) is 30.2 Å². The Kier molecular flexibility index (Phi) is 16.5. The van der Waals surface area contributed by atoms with Crippen molar-refractivity contribution >= 4 is 23.2 Å². The van der Waals surface area contributed by atoms with Crippen molar-refractivity contribution in [3.05, 3.63) is 70.8 Å². The van der Waals surface area contributed by atoms with Crippen LogP contribution in [0.1, 0.15) is 63.0 Å². The van der Waals surface area contributed by atoms with Gasteiger partial charge >= 0.3 is 0 Å². The minimum atomic E-state index is -0.122. The highest BCUT2D eigenvalue weighted by Crippen LogP contribution is 2.30. The third-order valence-corrected chi connectivity index (χ3v) is 8.14. The van der Waals surface area contributed by atoms with Crippen molar-refractivity contribution in [1.29, 1.82) is 0 Å². The molecule has 0 bridgehead atoms. The Labute approximate surface area is 292 Å². The number of halogens is 1. The van der Waals surface area contributed by atoms with Gasteiger partial charge < -0.3 is 23.5 Å². The first-order valence-electron chi connectivity index (χ1n) is 17.0. The molecule has 0 saturated carbocycles. The maximum absolute atomic E-state index is 12.7. The topological polar surface area (TPSA) is 143 Å². The molecule has 4 rings (SSSR count). The fourth-order valence-electron chi connectivity index (χ4n) is 5.27. The minimum Gasteiger partial charge on any atom is -0.379 e. The van der Waals surface area contributed by atoms with E-state index in [2.05, 4.69) is 61.4 Å². The highest BCUT2D eigenvalue weighted by atomic mass is 35.5. The number of nitrogens with one attached hydrogen (secondary N) is 1. The van der Waals surface area contributed by atoms with Gasteiger partial charge in [-0.15, -0.1) is 10.2 Å². The molecule has 0 aliphatic heterocycles. The van der Waals surface area contributed by atoms with Crippen LogP contribution in [0.5, 0.6) is 0 Å². The highest BCUT2D eigenvalue weighted by molar-refractivity contribution is 6.30. The summed E-state index contributed by atoms with van der Waals surface area (Å²) in [5.74, 6) is 1.29. The number of nitrogens with zero attached hydrogens (tertiary/aromatic N) is 5. The zero-order valence-electron chi connectivity index (χ0n) is 28.5. The zero-order chi connectivity index (χ0) is 34.7. The molecule has 2 aromatic heterocycles. The first-order chi connectivity index (χ1) is 24.0. The van der Waals surface area contributed by atoms with E-state index in [-0.39, 0.29) is 31.2 Å². The summed E-state index contributed by atoms with van der Waals surface area (Å²) in [6.07, 6.45) is 4.39. The maximum Gasteiger partial charge on any atom is 0.205 e. The van der Waals surface area contributed by atoms with E-state index in [0.29, 0.717) is 76.4 Å². The molecule has 0 radical (unpaired) electrons. The van der Waals surface area contributed by atoms with Crippen LogP contribution in [-0.2, 0) is 47.9 Å². The summed E-state index contributed by atoms with van der Waals surface area (Å²) in [5.41, 5.74) is 4.84. The van der Waals surface area contributed by atoms with Crippen molar-refractivity contribution in [2.75, 3.05) is 52.9 Å². The van der Waals surface area contributed by atoms with Gasteiger partial charge in [0.1, 0.15) is 19.0 Å². The second-order valence-electron chi connectivity index (χ2n) is 11.5. The summed E-state index contributed by atoms with van der Waals surface area (Å²) in [6.45, 7) is 7.65. The predicted molar refractivity (Wildman–Crippen MR) is 187 cm³/mol. The smallest absolute Gasteiger partial charge is 0.205 e. The van der Waals surface area contributed by atoms with Crippen molar-refractivity contribution in [2.45, 2.75) is 65.3 Å². The molecule has 264 valence electrons. The van der Waals surface area contributed by atoms with E-state index in [4.69, 9.17) is 30.5 Å². The largest absolute Gasteiger partial charge is 0.379 e. The molecule has 0 aliphatic carbocycles. The molecule has 0 fully saturated rings. The van der Waals surface area contributed by atoms with Gasteiger partial charge in [-0.1, -0.05) is 73.5 Å². The van der Waals surface area contributed by atoms with E-state index >= 15 is 0 Å². The number of benzene rings is 2. The van der Waals surface area contributed by atoms with Crippen molar-refractivity contribution < 1.29 is 28.5 Å². The van der Waals surface area contributed by atoms with E-state index in [1.807, 2.05) is 31.2 Å². The SMILES string of the molecule is CCCCc1nc(Cl)c(CCC(=O)COCC(=O)CCCOCCOCCOCC)n1Cc1ccc(-c2ccccc2-c2nn[nH]n2)cc1. The van der Waals surface area contributed by atoms with Crippen LogP contribution in [0.2, 0.25) is 5.15 Å². The second-order valence-corrected chi connectivity index (χ2v) is 11.9. The van der Waals surface area contributed by atoms with E-state index in [9.17, 15) is 9.59 Å². The molecule has 0 spiro atoms. The first-order valence-corrected chi connectivity index (χ1v) is 17.4. The fraction of sp³-hybridized carbons (Fsp3) is 0.500. The molecule has 2 aromatic carbocycles. The van der Waals surface area contributed by atoms with E-state index < -0.39 is 0 Å². The lowest BCUT2D eigenvalue weighted by Gasteiger charge is -2.13. The number of ketones is 2. The third-order valence-electron chi connectivity index (χ3n) is 7.83. The van der Waals surface area contributed by atoms with Crippen LogP contribution < -0.4 is 0 Å². The summed E-state index contributed by atoms with van der Waals surface area (Å²) in [5, 5.41) is 14.9. The molecule has 0 saturated heterocycles. The van der Waals surface area contributed by atoms with Crippen LogP contribution in [0.4, 0.5) is 0 Å². The van der Waals surface area contributed by atoms with Gasteiger partial charge in [0, 0.05) is 44.6 Å². The molecule has 2 heterocycles. The highest BCUT2D eigenvalue weighted by Gasteiger charge is 2.18. The predicted octanol–water partition coefficient (Wildman–Crippen LogP) is 5.71. The summed E-state index contributed by atoms with van der Waals surface area (Å²) >= 11 is 6.65. The minimum absolute atomic E-state index is 0.0598. The summed E-state index contributed by atoms with van der Waals surface area (Å²) < 4.78 is 23.7. The van der Waals surface area contributed by atoms with Crippen molar-refractivity contribution in [3.63, 3.8) is 0 Å². The van der Waals surface area contributed by atoms with Gasteiger partial charge in [-0.3, -0.25) is 9.59 Å². The van der Waals surface area contributed by atoms with Gasteiger partial charge in [-0.2, -0.15) is 5.21 Å². The second kappa shape index (κ2) is 21.3. The Morgan fingerprint density at radius 2 is 1.49 bits per heavy atom. The molecular weight excluding hydrogens is 648 g/mol. The van der Waals surface area contributed by atoms with Gasteiger partial charge in [0.15, 0.2) is 16.7 Å². The standard InChI is InChI=1S/C36H47ClN6O6/c1-3-5-12-34-38-35(37)33(18-17-30(45)26-49-25-29(44)9-8-19-47-22-23-48-21-20-46-4-2)43(34)24-27-13-15-28(16-14-27)31-10-6-7-11-32(31)36-39-41-42-40-36/h6-7,10-11,13-16H,3-5,8-9,12,17-26H2,1-2H3,(H,39,40,41,42). The van der Waals surface area contributed by atoms with Crippen molar-refractivity contribution in [3.8, 4) is 22.5 Å². The number of tetrazole rings is 1. The number of Topliss-reactive ketones (excluding diaryl/α,β-unsaturated/α-hetero) is 2. The van der Waals surface area contributed by atoms with Gasteiger partial charge in [0.25, 0.3) is 0 Å². The number of H-pyrrole nitrogens is 1. The van der Waals surface area contributed by atoms with E-state index in [1.54, 1.807) is 0 Å². The molecule has 0 atom stereocenters. The van der Waals surface area contributed by atoms with Crippen LogP contribution in [-0.4, -0.2) is 94.6 Å². The van der Waals surface area contributed by atoms with Crippen LogP contribution >= 0.6 is 11.6 Å². The molecule has 4 aromatic rings. The van der Waals surface area contributed by atoms with Crippen molar-refractivity contribution in [2.24, 2.45) is 0 Å². The molecule has 13 heteroatoms. The molecule has 12 nitrogen and oxygen atoms in total. The van der Waals surface area contributed by atoms with Gasteiger partial charge in [-0.25, -0.2) is 4.98 Å². The number of hydrogen-bond donors (Lipinski definition) is 1. The fourth-order valence-corrected chi connectivity index (χ4v) is 5.56. The number of ether oxygens (including phenoxy) is 4. The Bertz CT molecular complexity index is 1560. The Hall–Kier alpha value is -3.81. The Morgan fingerprint density at radius 1 is 0.796 bits per heavy atom. The number of carbonyl (C=O) groups excluding carboxylic acids is 2. The summed E-state index contributed by atoms with van der Waals surface area (Å²) in [4.78, 5) is 29.6. The Morgan fingerprint density at radius 3 is 2.18 bits per heavy atom. The number of imidazole rings is 1. The molecule has 0 unspecified atom stereocenters. The average molecular weight is 695 g/mol. The number of carbonyl (C=O) groups is 2. The zero-order valence-corrected chi connectivity index (χ0v) is 29.3. The number of aromatic amines is 1. The lowest BCUT2D eigenvalue weighted by molar-refractivity contribution is -0.128. The molecule has 0 aliphatic rings. The van der Waals surface area contributed by atoms with E-state index in [1.165, 1.54) is 0 Å². The number of aryl methyl sites for hydroxylation is 1. The van der Waals surface area contributed by atoms with Gasteiger partial charge in [0.05, 0.1) is 32.1 Å². The first kappa shape index (κ1) is 38.0. The third kappa shape index (κ3) is 12.5. The normalized spacial score (nSPS) is 11.3. The maximum atomic E-state index is 12.7. The van der Waals surface area contributed by atoms with Gasteiger partial charge in [-0.05, 0) is 48.1 Å². The summed E-state index contributed by atoms with van der Waals surface area (Å²) in [7, 11) is 0. The van der Waals surface area contributed by atoms with Crippen LogP contribution in [0, 0.1) is 0 Å². The number of aromatic nitrogens is 6. The van der Waals surface area contributed by atoms with E-state index in [0.717, 1.165) is 53.0 Å². The Balaban J connectivity index is 1.25. The molecular formula is C36H47ClN6O6. The van der Waals surface area contributed by atoms with Crippen LogP contribution in [0.3, 0.4) is 0 Å². The number of hydrogen-bond acceptors (Lipinski definition) is 10. The quantitative estimate of drug-likeness (QED) is 0.0857. The molecule has 1 N–H and O–H groups in total. The molecule has 0 amide bonds. The average Bonchev–Trinajstić information content (AvgIpc) is 3.75. The monoisotopic (exact) mass is 694 g/mol. The lowest BCUT2D eigenvalue weighted by atomic mass is 9.98.